The highest BCUT2D eigenvalue weighted by Crippen LogP contribution is 2.27. The van der Waals surface area contributed by atoms with Gasteiger partial charge in [0.25, 0.3) is 0 Å². The summed E-state index contributed by atoms with van der Waals surface area (Å²) >= 11 is 5.67. The zero-order valence-electron chi connectivity index (χ0n) is 9.58. The van der Waals surface area contributed by atoms with Crippen molar-refractivity contribution in [1.82, 2.24) is 10.3 Å². The van der Waals surface area contributed by atoms with E-state index in [4.69, 9.17) is 11.6 Å². The van der Waals surface area contributed by atoms with E-state index in [1.54, 1.807) is 6.92 Å². The van der Waals surface area contributed by atoms with Crippen molar-refractivity contribution in [2.45, 2.75) is 13.3 Å². The number of hydrogen-bond donors (Lipinski definition) is 1. The summed E-state index contributed by atoms with van der Waals surface area (Å²) in [4.78, 5) is 14.0. The van der Waals surface area contributed by atoms with Crippen LogP contribution in [0.25, 0.3) is 0 Å². The molecule has 0 saturated heterocycles. The third kappa shape index (κ3) is 3.41. The molecule has 1 aromatic heterocycles. The molecule has 0 bridgehead atoms. The van der Waals surface area contributed by atoms with Gasteiger partial charge in [-0.25, -0.2) is 4.98 Å². The Morgan fingerprint density at radius 1 is 1.65 bits per heavy atom. The molecule has 90 valence electrons. The summed E-state index contributed by atoms with van der Waals surface area (Å²) in [5, 5.41) is 13.7. The first-order valence-corrected chi connectivity index (χ1v) is 5.38. The van der Waals surface area contributed by atoms with E-state index >= 15 is 0 Å². The van der Waals surface area contributed by atoms with Crippen LogP contribution in [0.4, 0.5) is 5.69 Å². The molecule has 0 amide bonds. The van der Waals surface area contributed by atoms with Crippen molar-refractivity contribution >= 4 is 17.3 Å². The van der Waals surface area contributed by atoms with Crippen molar-refractivity contribution in [3.63, 3.8) is 0 Å². The molecule has 0 saturated carbocycles. The maximum atomic E-state index is 10.8. The number of pyridine rings is 1. The van der Waals surface area contributed by atoms with Gasteiger partial charge in [0, 0.05) is 24.7 Å². The molecule has 1 heterocycles. The van der Waals surface area contributed by atoms with Gasteiger partial charge in [0.15, 0.2) is 0 Å². The quantitative estimate of drug-likeness (QED) is 0.294. The second-order valence-corrected chi connectivity index (χ2v) is 3.71. The van der Waals surface area contributed by atoms with Gasteiger partial charge in [0.2, 0.25) is 5.15 Å². The van der Waals surface area contributed by atoms with Crippen molar-refractivity contribution in [3.8, 4) is 11.8 Å². The number of rotatable bonds is 3. The minimum absolute atomic E-state index is 0.103. The van der Waals surface area contributed by atoms with Gasteiger partial charge in [0.05, 0.1) is 10.5 Å². The number of nitrogens with zero attached hydrogens (tertiary/aromatic N) is 2. The lowest BCUT2D eigenvalue weighted by Crippen LogP contribution is -2.06. The fraction of sp³-hybridized carbons (Fsp3) is 0.364. The highest BCUT2D eigenvalue weighted by atomic mass is 35.5. The van der Waals surface area contributed by atoms with Gasteiger partial charge in [-0.3, -0.25) is 10.1 Å². The molecular formula is C11H12ClN3O2. The molecule has 6 heteroatoms. The van der Waals surface area contributed by atoms with Crippen LogP contribution in [0.15, 0.2) is 6.20 Å². The first-order chi connectivity index (χ1) is 8.07. The molecule has 1 N–H and O–H groups in total. The summed E-state index contributed by atoms with van der Waals surface area (Å²) in [6, 6.07) is 0. The normalized spacial score (nSPS) is 9.59. The van der Waals surface area contributed by atoms with Crippen LogP contribution in [0.1, 0.15) is 17.5 Å². The van der Waals surface area contributed by atoms with Gasteiger partial charge >= 0.3 is 5.69 Å². The van der Waals surface area contributed by atoms with E-state index in [-0.39, 0.29) is 10.8 Å². The van der Waals surface area contributed by atoms with Crippen molar-refractivity contribution in [2.24, 2.45) is 0 Å². The number of halogens is 1. The van der Waals surface area contributed by atoms with Gasteiger partial charge in [-0.1, -0.05) is 23.4 Å². The summed E-state index contributed by atoms with van der Waals surface area (Å²) in [5.74, 6) is 5.77. The first-order valence-electron chi connectivity index (χ1n) is 5.01. The number of hydrogen-bond acceptors (Lipinski definition) is 4. The molecule has 0 radical (unpaired) electrons. The molecular weight excluding hydrogens is 242 g/mol. The molecule has 0 aliphatic carbocycles. The third-order valence-corrected chi connectivity index (χ3v) is 2.44. The van der Waals surface area contributed by atoms with Gasteiger partial charge in [-0.2, -0.15) is 0 Å². The summed E-state index contributed by atoms with van der Waals surface area (Å²) in [6.45, 7) is 2.39. The molecule has 0 atom stereocenters. The lowest BCUT2D eigenvalue weighted by atomic mass is 10.1. The van der Waals surface area contributed by atoms with E-state index < -0.39 is 4.92 Å². The van der Waals surface area contributed by atoms with Crippen molar-refractivity contribution in [3.05, 3.63) is 32.6 Å². The van der Waals surface area contributed by atoms with Crippen LogP contribution in [-0.2, 0) is 0 Å². The summed E-state index contributed by atoms with van der Waals surface area (Å²) < 4.78 is 0. The molecule has 0 unspecified atom stereocenters. The van der Waals surface area contributed by atoms with Crippen LogP contribution < -0.4 is 5.32 Å². The largest absolute Gasteiger partial charge is 0.319 e. The molecule has 0 aliphatic rings. The van der Waals surface area contributed by atoms with Crippen LogP contribution in [0, 0.1) is 28.9 Å². The Morgan fingerprint density at radius 2 is 2.35 bits per heavy atom. The average molecular weight is 254 g/mol. The Labute approximate surface area is 104 Å². The highest BCUT2D eigenvalue weighted by molar-refractivity contribution is 6.31. The SMILES string of the molecule is CNCCC#Cc1cnc(Cl)c([N+](=O)[O-])c1C. The highest BCUT2D eigenvalue weighted by Gasteiger charge is 2.19. The van der Waals surface area contributed by atoms with Crippen LogP contribution in [-0.4, -0.2) is 23.5 Å². The molecule has 1 aromatic rings. The monoisotopic (exact) mass is 253 g/mol. The molecule has 1 rings (SSSR count). The fourth-order valence-electron chi connectivity index (χ4n) is 1.24. The Balaban J connectivity index is 3.05. The van der Waals surface area contributed by atoms with Gasteiger partial charge < -0.3 is 5.32 Å². The van der Waals surface area contributed by atoms with Crippen LogP contribution >= 0.6 is 11.6 Å². The maximum Gasteiger partial charge on any atom is 0.310 e. The van der Waals surface area contributed by atoms with Gasteiger partial charge in [0.1, 0.15) is 0 Å². The van der Waals surface area contributed by atoms with Gasteiger partial charge in [-0.15, -0.1) is 0 Å². The predicted molar refractivity (Wildman–Crippen MR) is 66.1 cm³/mol. The lowest BCUT2D eigenvalue weighted by Gasteiger charge is -2.00. The number of nitrogens with one attached hydrogen (secondary N) is 1. The smallest absolute Gasteiger partial charge is 0.310 e. The molecule has 0 spiro atoms. The minimum atomic E-state index is -0.538. The van der Waals surface area contributed by atoms with E-state index in [0.29, 0.717) is 17.5 Å². The van der Waals surface area contributed by atoms with E-state index in [1.165, 1.54) is 6.20 Å². The average Bonchev–Trinajstić information content (AvgIpc) is 2.26. The van der Waals surface area contributed by atoms with Crippen molar-refractivity contribution in [1.29, 1.82) is 0 Å². The first kappa shape index (κ1) is 13.4. The molecule has 5 nitrogen and oxygen atoms in total. The van der Waals surface area contributed by atoms with Crippen LogP contribution in [0.5, 0.6) is 0 Å². The molecule has 0 aromatic carbocycles. The predicted octanol–water partition coefficient (Wildman–Crippen LogP) is 1.91. The Morgan fingerprint density at radius 3 is 2.94 bits per heavy atom. The topological polar surface area (TPSA) is 68.1 Å². The Hall–Kier alpha value is -1.64. The van der Waals surface area contributed by atoms with Crippen LogP contribution in [0.2, 0.25) is 5.15 Å². The Bertz CT molecular complexity index is 491. The minimum Gasteiger partial charge on any atom is -0.319 e. The molecule has 0 aliphatic heterocycles. The van der Waals surface area contributed by atoms with E-state index in [0.717, 1.165) is 6.54 Å². The second kappa shape index (κ2) is 6.18. The summed E-state index contributed by atoms with van der Waals surface area (Å²) in [6.07, 6.45) is 2.13. The Kier molecular flexibility index (Phi) is 4.88. The third-order valence-electron chi connectivity index (χ3n) is 2.17. The van der Waals surface area contributed by atoms with Crippen molar-refractivity contribution < 1.29 is 4.92 Å². The summed E-state index contributed by atoms with van der Waals surface area (Å²) in [7, 11) is 1.83. The number of nitro groups is 1. The molecule has 0 fully saturated rings. The summed E-state index contributed by atoms with van der Waals surface area (Å²) in [5.41, 5.74) is 0.816. The lowest BCUT2D eigenvalue weighted by molar-refractivity contribution is -0.385. The standard InChI is InChI=1S/C11H12ClN3O2/c1-8-9(5-3-4-6-13-2)7-14-11(12)10(8)15(16)17/h7,13H,4,6H2,1-2H3. The maximum absolute atomic E-state index is 10.8. The second-order valence-electron chi connectivity index (χ2n) is 3.35. The molecule has 17 heavy (non-hydrogen) atoms. The zero-order chi connectivity index (χ0) is 12.8. The van der Waals surface area contributed by atoms with E-state index in [9.17, 15) is 10.1 Å². The van der Waals surface area contributed by atoms with Crippen LogP contribution in [0.3, 0.4) is 0 Å². The van der Waals surface area contributed by atoms with E-state index in [2.05, 4.69) is 22.1 Å². The zero-order valence-corrected chi connectivity index (χ0v) is 10.3. The number of aromatic nitrogens is 1. The van der Waals surface area contributed by atoms with E-state index in [1.807, 2.05) is 7.05 Å². The fourth-order valence-corrected chi connectivity index (χ4v) is 1.50. The van der Waals surface area contributed by atoms with Crippen molar-refractivity contribution in [2.75, 3.05) is 13.6 Å². The van der Waals surface area contributed by atoms with Gasteiger partial charge in [-0.05, 0) is 14.0 Å².